The van der Waals surface area contributed by atoms with Gasteiger partial charge in [0.15, 0.2) is 0 Å². The van der Waals surface area contributed by atoms with Crippen LogP contribution in [0, 0.1) is 13.8 Å². The number of hydrogen-bond donors (Lipinski definition) is 0. The van der Waals surface area contributed by atoms with E-state index in [1.165, 1.54) is 21.2 Å². The van der Waals surface area contributed by atoms with Gasteiger partial charge in [-0.15, -0.1) is 0 Å². The first-order chi connectivity index (χ1) is 28.5. The zero-order chi connectivity index (χ0) is 39.8. The van der Waals surface area contributed by atoms with Crippen LogP contribution in [0.25, 0.3) is 11.1 Å². The fourth-order valence-electron chi connectivity index (χ4n) is 7.13. The van der Waals surface area contributed by atoms with Crippen molar-refractivity contribution in [2.24, 2.45) is 0 Å². The maximum Gasteiger partial charge on any atom is 0.136 e. The lowest BCUT2D eigenvalue weighted by Crippen LogP contribution is -2.28. The number of benzene rings is 8. The van der Waals surface area contributed by atoms with Crippen molar-refractivity contribution in [1.29, 1.82) is 0 Å². The summed E-state index contributed by atoms with van der Waals surface area (Å²) in [5.41, 5.74) is 4.11. The molecule has 0 aliphatic heterocycles. The van der Waals surface area contributed by atoms with Gasteiger partial charge in [0.05, 0.1) is 14.2 Å². The molecule has 6 heteroatoms. The van der Waals surface area contributed by atoms with Gasteiger partial charge in [-0.3, -0.25) is 0 Å². The molecule has 0 aliphatic carbocycles. The van der Waals surface area contributed by atoms with E-state index in [0.29, 0.717) is 11.5 Å². The van der Waals surface area contributed by atoms with Crippen LogP contribution in [0.1, 0.15) is 11.1 Å². The van der Waals surface area contributed by atoms with E-state index in [9.17, 15) is 0 Å². The van der Waals surface area contributed by atoms with E-state index >= 15 is 0 Å². The van der Waals surface area contributed by atoms with Crippen molar-refractivity contribution in [2.75, 3.05) is 14.2 Å². The Kier molecular flexibility index (Phi) is 12.0. The Labute approximate surface area is 344 Å². The highest BCUT2D eigenvalue weighted by molar-refractivity contribution is 7.81. The maximum atomic E-state index is 7.02. The van der Waals surface area contributed by atoms with E-state index in [1.807, 2.05) is 36.4 Å². The molecule has 0 fully saturated rings. The predicted octanol–water partition coefficient (Wildman–Crippen LogP) is 11.1. The number of methoxy groups -OCH3 is 2. The van der Waals surface area contributed by atoms with Crippen LogP contribution in [-0.4, -0.2) is 14.2 Å². The van der Waals surface area contributed by atoms with Gasteiger partial charge in [0.1, 0.15) is 34.5 Å². The first kappa shape index (κ1) is 38.7. The van der Waals surface area contributed by atoms with Crippen molar-refractivity contribution in [2.45, 2.75) is 13.8 Å². The number of rotatable bonds is 13. The molecule has 0 saturated carbocycles. The van der Waals surface area contributed by atoms with Gasteiger partial charge in [-0.05, 0) is 99.4 Å². The zero-order valence-electron chi connectivity index (χ0n) is 33.0. The third-order valence-corrected chi connectivity index (χ3v) is 14.9. The second kappa shape index (κ2) is 18.0. The average molecular weight is 795 g/mol. The highest BCUT2D eigenvalue weighted by Gasteiger charge is 2.34. The normalized spacial score (nSPS) is 11.1. The summed E-state index contributed by atoms with van der Waals surface area (Å²) in [5.74, 6) is 4.37. The van der Waals surface area contributed by atoms with Crippen LogP contribution in [0.2, 0.25) is 0 Å². The molecule has 0 saturated heterocycles. The van der Waals surface area contributed by atoms with Gasteiger partial charge in [0.25, 0.3) is 0 Å². The summed E-state index contributed by atoms with van der Waals surface area (Å²) in [5, 5.41) is 6.72. The molecule has 8 aromatic rings. The molecule has 0 heterocycles. The van der Waals surface area contributed by atoms with Crippen LogP contribution in [0.5, 0.6) is 34.5 Å². The van der Waals surface area contributed by atoms with E-state index < -0.39 is 15.8 Å². The molecular weight excluding hydrogens is 751 g/mol. The lowest BCUT2D eigenvalue weighted by Gasteiger charge is -2.30. The van der Waals surface area contributed by atoms with Crippen molar-refractivity contribution in [1.82, 2.24) is 0 Å². The van der Waals surface area contributed by atoms with Crippen LogP contribution in [0.3, 0.4) is 0 Å². The third kappa shape index (κ3) is 8.27. The second-order valence-corrected chi connectivity index (χ2v) is 18.1. The highest BCUT2D eigenvalue weighted by atomic mass is 31.1. The van der Waals surface area contributed by atoms with E-state index in [4.69, 9.17) is 18.9 Å². The smallest absolute Gasteiger partial charge is 0.136 e. The first-order valence-electron chi connectivity index (χ1n) is 19.2. The molecule has 0 aromatic heterocycles. The molecule has 0 atom stereocenters. The monoisotopic (exact) mass is 794 g/mol. The quantitative estimate of drug-likeness (QED) is 0.109. The maximum absolute atomic E-state index is 7.02. The molecule has 0 radical (unpaired) electrons. The summed E-state index contributed by atoms with van der Waals surface area (Å²) >= 11 is 0. The number of hydrogen-bond acceptors (Lipinski definition) is 4. The van der Waals surface area contributed by atoms with E-state index in [0.717, 1.165) is 55.9 Å². The summed E-state index contributed by atoms with van der Waals surface area (Å²) in [6.07, 6.45) is 0. The second-order valence-electron chi connectivity index (χ2n) is 13.8. The Bertz CT molecular complexity index is 2320. The Morgan fingerprint density at radius 1 is 0.310 bits per heavy atom. The van der Waals surface area contributed by atoms with Crippen LogP contribution < -0.4 is 50.8 Å². The van der Waals surface area contributed by atoms with Gasteiger partial charge in [-0.2, -0.15) is 0 Å². The molecule has 58 heavy (non-hydrogen) atoms. The molecule has 0 unspecified atom stereocenters. The summed E-state index contributed by atoms with van der Waals surface area (Å²) < 4.78 is 27.0. The minimum atomic E-state index is -1.25. The Hall–Kier alpha value is -6.18. The van der Waals surface area contributed by atoms with Crippen molar-refractivity contribution >= 4 is 47.7 Å². The molecule has 0 spiro atoms. The lowest BCUT2D eigenvalue weighted by atomic mass is 10.0. The van der Waals surface area contributed by atoms with Crippen molar-refractivity contribution in [3.8, 4) is 45.6 Å². The summed E-state index contributed by atoms with van der Waals surface area (Å²) in [6.45, 7) is 4.17. The molecular formula is C52H44O4P2. The fraction of sp³-hybridized carbons (Fsp3) is 0.0769. The standard InChI is InChI=1S/C52H44O4P2/c1-37-25-29-39(30-26-37)55-47-35-33-45(53-3)49(51(47)57(41-17-9-5-10-18-41)42-19-11-6-12-20-42)50-46(54-4)34-36-48(56-40-31-27-38(2)28-32-40)52(50)58(43-21-13-7-14-22-43)44-23-15-8-16-24-44/h5-36H,1-4H3. The summed E-state index contributed by atoms with van der Waals surface area (Å²) in [7, 11) is 0.988. The van der Waals surface area contributed by atoms with E-state index in [2.05, 4.69) is 172 Å². The van der Waals surface area contributed by atoms with Crippen LogP contribution in [0.15, 0.2) is 194 Å². The molecule has 4 nitrogen and oxygen atoms in total. The van der Waals surface area contributed by atoms with E-state index in [1.54, 1.807) is 14.2 Å². The van der Waals surface area contributed by atoms with Crippen molar-refractivity contribution < 1.29 is 18.9 Å². The topological polar surface area (TPSA) is 36.9 Å². The van der Waals surface area contributed by atoms with Crippen LogP contribution in [0.4, 0.5) is 0 Å². The van der Waals surface area contributed by atoms with Gasteiger partial charge in [-0.25, -0.2) is 0 Å². The van der Waals surface area contributed by atoms with Gasteiger partial charge in [0.2, 0.25) is 0 Å². The zero-order valence-corrected chi connectivity index (χ0v) is 34.8. The summed E-state index contributed by atoms with van der Waals surface area (Å²) in [4.78, 5) is 0. The first-order valence-corrected chi connectivity index (χ1v) is 21.9. The number of ether oxygens (including phenoxy) is 4. The average Bonchev–Trinajstić information content (AvgIpc) is 3.27. The van der Waals surface area contributed by atoms with Crippen LogP contribution in [-0.2, 0) is 0 Å². The largest absolute Gasteiger partial charge is 0.496 e. The van der Waals surface area contributed by atoms with Gasteiger partial charge in [-0.1, -0.05) is 157 Å². The van der Waals surface area contributed by atoms with Crippen molar-refractivity contribution in [3.05, 3.63) is 205 Å². The Balaban J connectivity index is 1.53. The van der Waals surface area contributed by atoms with Gasteiger partial charge >= 0.3 is 0 Å². The van der Waals surface area contributed by atoms with Gasteiger partial charge < -0.3 is 18.9 Å². The minimum absolute atomic E-state index is 0.703. The number of aryl methyl sites for hydroxylation is 2. The molecule has 0 N–H and O–H groups in total. The predicted molar refractivity (Wildman–Crippen MR) is 245 cm³/mol. The van der Waals surface area contributed by atoms with E-state index in [-0.39, 0.29) is 0 Å². The molecule has 0 aliphatic rings. The van der Waals surface area contributed by atoms with Crippen LogP contribution >= 0.6 is 15.8 Å². The molecule has 0 amide bonds. The third-order valence-electron chi connectivity index (χ3n) is 9.90. The van der Waals surface area contributed by atoms with Gasteiger partial charge in [0, 0.05) is 21.7 Å². The molecule has 286 valence electrons. The molecule has 8 aromatic carbocycles. The SMILES string of the molecule is COc1ccc(Oc2ccc(C)cc2)c(P(c2ccccc2)c2ccccc2)c1-c1c(OC)ccc(Oc2ccc(C)cc2)c1P(c1ccccc1)c1ccccc1. The Morgan fingerprint density at radius 2 is 0.586 bits per heavy atom. The minimum Gasteiger partial charge on any atom is -0.496 e. The highest BCUT2D eigenvalue weighted by Crippen LogP contribution is 2.51. The fourth-order valence-corrected chi connectivity index (χ4v) is 12.2. The molecule has 8 rings (SSSR count). The molecule has 0 bridgehead atoms. The Morgan fingerprint density at radius 3 is 0.862 bits per heavy atom. The summed E-state index contributed by atoms with van der Waals surface area (Å²) in [6, 6.07) is 67.5. The lowest BCUT2D eigenvalue weighted by molar-refractivity contribution is 0.409. The van der Waals surface area contributed by atoms with Crippen molar-refractivity contribution in [3.63, 3.8) is 0 Å².